The molecule has 0 unspecified atom stereocenters. The molecule has 0 atom stereocenters. The Morgan fingerprint density at radius 2 is 2.05 bits per heavy atom. The second-order valence-electron chi connectivity index (χ2n) is 4.03. The van der Waals surface area contributed by atoms with E-state index in [1.165, 1.54) is 12.3 Å². The van der Waals surface area contributed by atoms with Crippen LogP contribution in [-0.4, -0.2) is 17.2 Å². The van der Waals surface area contributed by atoms with Crippen molar-refractivity contribution < 1.29 is 9.90 Å². The van der Waals surface area contributed by atoms with Gasteiger partial charge in [-0.3, -0.25) is 4.79 Å². The van der Waals surface area contributed by atoms with Crippen molar-refractivity contribution >= 4 is 55.6 Å². The highest BCUT2D eigenvalue weighted by Gasteiger charge is 2.07. The summed E-state index contributed by atoms with van der Waals surface area (Å²) in [5.41, 5.74) is 3.24. The Kier molecular flexibility index (Phi) is 5.39. The smallest absolute Gasteiger partial charge is 0.271 e. The van der Waals surface area contributed by atoms with Crippen LogP contribution in [0.5, 0.6) is 5.75 Å². The number of nitrogens with one attached hydrogen (secondary N) is 1. The third-order valence-electron chi connectivity index (χ3n) is 2.51. The maximum atomic E-state index is 11.9. The van der Waals surface area contributed by atoms with Gasteiger partial charge in [-0.2, -0.15) is 5.10 Å². The van der Waals surface area contributed by atoms with E-state index in [9.17, 15) is 9.90 Å². The largest absolute Gasteiger partial charge is 0.506 e. The van der Waals surface area contributed by atoms with Crippen molar-refractivity contribution in [2.75, 3.05) is 0 Å². The standard InChI is InChI=1S/C14H9Br2ClN2O2/c15-10-3-1-2-8(4-10)14(21)19-18-7-9-5-11(17)6-12(16)13(9)20/h1-7,20H,(H,19,21). The molecule has 2 aromatic rings. The molecule has 0 radical (unpaired) electrons. The Morgan fingerprint density at radius 3 is 2.76 bits per heavy atom. The predicted molar refractivity (Wildman–Crippen MR) is 90.0 cm³/mol. The monoisotopic (exact) mass is 430 g/mol. The molecule has 0 saturated heterocycles. The summed E-state index contributed by atoms with van der Waals surface area (Å²) in [5.74, 6) is -0.354. The van der Waals surface area contributed by atoms with E-state index in [4.69, 9.17) is 11.6 Å². The molecule has 0 aliphatic rings. The minimum absolute atomic E-state index is 0.000135. The lowest BCUT2D eigenvalue weighted by Crippen LogP contribution is -2.17. The Balaban J connectivity index is 2.11. The topological polar surface area (TPSA) is 61.7 Å². The summed E-state index contributed by atoms with van der Waals surface area (Å²) in [6, 6.07) is 10.0. The number of nitrogens with zero attached hydrogens (tertiary/aromatic N) is 1. The lowest BCUT2D eigenvalue weighted by atomic mass is 10.2. The van der Waals surface area contributed by atoms with Gasteiger partial charge in [-0.05, 0) is 46.3 Å². The van der Waals surface area contributed by atoms with Gasteiger partial charge >= 0.3 is 0 Å². The van der Waals surface area contributed by atoms with E-state index in [1.54, 1.807) is 24.3 Å². The van der Waals surface area contributed by atoms with E-state index in [0.717, 1.165) is 4.47 Å². The van der Waals surface area contributed by atoms with Crippen LogP contribution >= 0.6 is 43.5 Å². The average molecular weight is 432 g/mol. The molecule has 0 aliphatic heterocycles. The molecular formula is C14H9Br2ClN2O2. The Morgan fingerprint density at radius 1 is 1.29 bits per heavy atom. The molecule has 7 heteroatoms. The molecule has 108 valence electrons. The highest BCUT2D eigenvalue weighted by atomic mass is 79.9. The molecule has 21 heavy (non-hydrogen) atoms. The molecule has 0 heterocycles. The molecule has 0 fully saturated rings. The number of carbonyl (C=O) groups excluding carboxylic acids is 1. The van der Waals surface area contributed by atoms with E-state index in [1.807, 2.05) is 6.07 Å². The molecule has 0 spiro atoms. The number of hydrogen-bond donors (Lipinski definition) is 2. The normalized spacial score (nSPS) is 10.8. The van der Waals surface area contributed by atoms with Crippen LogP contribution in [0.2, 0.25) is 5.02 Å². The zero-order chi connectivity index (χ0) is 15.4. The van der Waals surface area contributed by atoms with Gasteiger partial charge in [0.25, 0.3) is 5.91 Å². The van der Waals surface area contributed by atoms with Crippen LogP contribution in [0, 0.1) is 0 Å². The van der Waals surface area contributed by atoms with Gasteiger partial charge in [-0.15, -0.1) is 0 Å². The number of rotatable bonds is 3. The minimum Gasteiger partial charge on any atom is -0.506 e. The number of aromatic hydroxyl groups is 1. The summed E-state index contributed by atoms with van der Waals surface area (Å²) in [5, 5.41) is 14.1. The second-order valence-corrected chi connectivity index (χ2v) is 6.24. The Bertz CT molecular complexity index is 720. The molecule has 2 N–H and O–H groups in total. The zero-order valence-electron chi connectivity index (χ0n) is 10.5. The van der Waals surface area contributed by atoms with Crippen LogP contribution in [0.25, 0.3) is 0 Å². The van der Waals surface area contributed by atoms with Gasteiger partial charge in [0.15, 0.2) is 0 Å². The van der Waals surface area contributed by atoms with E-state index >= 15 is 0 Å². The minimum atomic E-state index is -0.354. The van der Waals surface area contributed by atoms with Crippen molar-refractivity contribution in [1.82, 2.24) is 5.43 Å². The molecule has 0 bridgehead atoms. The van der Waals surface area contributed by atoms with Crippen LogP contribution in [0.4, 0.5) is 0 Å². The predicted octanol–water partition coefficient (Wildman–Crippen LogP) is 4.33. The van der Waals surface area contributed by atoms with Crippen molar-refractivity contribution in [3.05, 3.63) is 61.5 Å². The molecule has 4 nitrogen and oxygen atoms in total. The zero-order valence-corrected chi connectivity index (χ0v) is 14.4. The number of halogens is 3. The highest BCUT2D eigenvalue weighted by molar-refractivity contribution is 9.10. The third kappa shape index (κ3) is 4.30. The number of benzene rings is 2. The van der Waals surface area contributed by atoms with Gasteiger partial charge in [0.05, 0.1) is 10.7 Å². The molecule has 1 amide bonds. The summed E-state index contributed by atoms with van der Waals surface area (Å²) in [6.45, 7) is 0. The first kappa shape index (κ1) is 16.0. The molecular weight excluding hydrogens is 423 g/mol. The van der Waals surface area contributed by atoms with Crippen molar-refractivity contribution in [2.24, 2.45) is 5.10 Å². The van der Waals surface area contributed by atoms with E-state index in [0.29, 0.717) is 20.6 Å². The first-order valence-electron chi connectivity index (χ1n) is 5.74. The summed E-state index contributed by atoms with van der Waals surface area (Å²) in [7, 11) is 0. The first-order chi connectivity index (χ1) is 9.97. The molecule has 0 aliphatic carbocycles. The second kappa shape index (κ2) is 7.06. The first-order valence-corrected chi connectivity index (χ1v) is 7.71. The van der Waals surface area contributed by atoms with E-state index < -0.39 is 0 Å². The van der Waals surface area contributed by atoms with Crippen LogP contribution in [-0.2, 0) is 0 Å². The van der Waals surface area contributed by atoms with Gasteiger partial charge in [-0.1, -0.05) is 33.6 Å². The van der Waals surface area contributed by atoms with Crippen molar-refractivity contribution in [1.29, 1.82) is 0 Å². The van der Waals surface area contributed by atoms with Crippen molar-refractivity contribution in [3.63, 3.8) is 0 Å². The van der Waals surface area contributed by atoms with Crippen LogP contribution in [0.3, 0.4) is 0 Å². The van der Waals surface area contributed by atoms with Gasteiger partial charge in [-0.25, -0.2) is 5.43 Å². The van der Waals surface area contributed by atoms with Gasteiger partial charge in [0.1, 0.15) is 5.75 Å². The van der Waals surface area contributed by atoms with Crippen LogP contribution < -0.4 is 5.43 Å². The summed E-state index contributed by atoms with van der Waals surface area (Å²) in [6.07, 6.45) is 1.32. The maximum absolute atomic E-state index is 11.9. The quantitative estimate of drug-likeness (QED) is 0.560. The maximum Gasteiger partial charge on any atom is 0.271 e. The molecule has 0 saturated carbocycles. The fraction of sp³-hybridized carbons (Fsp3) is 0. The van der Waals surface area contributed by atoms with Gasteiger partial charge in [0.2, 0.25) is 0 Å². The number of hydrogen-bond acceptors (Lipinski definition) is 3. The lowest BCUT2D eigenvalue weighted by molar-refractivity contribution is 0.0955. The highest BCUT2D eigenvalue weighted by Crippen LogP contribution is 2.30. The van der Waals surface area contributed by atoms with Crippen molar-refractivity contribution in [2.45, 2.75) is 0 Å². The number of hydrazone groups is 1. The summed E-state index contributed by atoms with van der Waals surface area (Å²) >= 11 is 12.3. The van der Waals surface area contributed by atoms with Crippen LogP contribution in [0.1, 0.15) is 15.9 Å². The fourth-order valence-corrected chi connectivity index (χ4v) is 2.77. The fourth-order valence-electron chi connectivity index (χ4n) is 1.54. The summed E-state index contributed by atoms with van der Waals surface area (Å²) < 4.78 is 1.25. The van der Waals surface area contributed by atoms with E-state index in [-0.39, 0.29) is 11.7 Å². The van der Waals surface area contributed by atoms with Gasteiger partial charge in [0, 0.05) is 20.6 Å². The number of phenols is 1. The molecule has 2 rings (SSSR count). The Hall–Kier alpha value is -1.37. The van der Waals surface area contributed by atoms with Crippen molar-refractivity contribution in [3.8, 4) is 5.75 Å². The van der Waals surface area contributed by atoms with E-state index in [2.05, 4.69) is 42.4 Å². The molecule has 2 aromatic carbocycles. The third-order valence-corrected chi connectivity index (χ3v) is 3.83. The Labute approximate surface area is 143 Å². The van der Waals surface area contributed by atoms with Gasteiger partial charge < -0.3 is 5.11 Å². The number of phenolic OH excluding ortho intramolecular Hbond substituents is 1. The molecule has 0 aromatic heterocycles. The SMILES string of the molecule is O=C(NN=Cc1cc(Cl)cc(Br)c1O)c1cccc(Br)c1. The summed E-state index contributed by atoms with van der Waals surface area (Å²) in [4.78, 5) is 11.9. The van der Waals surface area contributed by atoms with Crippen LogP contribution in [0.15, 0.2) is 50.4 Å². The average Bonchev–Trinajstić information content (AvgIpc) is 2.43. The lowest BCUT2D eigenvalue weighted by Gasteiger charge is -2.03. The number of amides is 1. The number of carbonyl (C=O) groups is 1.